The number of para-hydroxylation sites is 1. The van der Waals surface area contributed by atoms with Gasteiger partial charge in [-0.1, -0.05) is 49.7 Å². The molecule has 0 fully saturated rings. The highest BCUT2D eigenvalue weighted by Gasteiger charge is 2.15. The van der Waals surface area contributed by atoms with E-state index in [9.17, 15) is 10.1 Å². The molecular formula is C21H21NO3. The number of carbonyl (C=O) groups excluding carboxylic acids is 1. The van der Waals surface area contributed by atoms with Crippen LogP contribution >= 0.6 is 0 Å². The molecule has 4 heteroatoms. The third kappa shape index (κ3) is 4.27. The first-order valence-corrected chi connectivity index (χ1v) is 8.11. The average Bonchev–Trinajstić information content (AvgIpc) is 2.66. The summed E-state index contributed by atoms with van der Waals surface area (Å²) < 4.78 is 10.6. The van der Waals surface area contributed by atoms with Crippen LogP contribution in [0.5, 0.6) is 11.5 Å². The highest BCUT2D eigenvalue weighted by atomic mass is 16.5. The van der Waals surface area contributed by atoms with Crippen molar-refractivity contribution in [2.75, 3.05) is 14.2 Å². The van der Waals surface area contributed by atoms with E-state index in [-0.39, 0.29) is 11.4 Å². The summed E-state index contributed by atoms with van der Waals surface area (Å²) in [6.07, 6.45) is 3.55. The molecule has 0 spiro atoms. The number of hydrogen-bond acceptors (Lipinski definition) is 4. The summed E-state index contributed by atoms with van der Waals surface area (Å²) in [5, 5.41) is 9.44. The van der Waals surface area contributed by atoms with Crippen LogP contribution in [0.4, 0.5) is 0 Å². The predicted octanol–water partition coefficient (Wildman–Crippen LogP) is 4.45. The third-order valence-corrected chi connectivity index (χ3v) is 3.85. The molecule has 0 atom stereocenters. The quantitative estimate of drug-likeness (QED) is 0.426. The van der Waals surface area contributed by atoms with Crippen molar-refractivity contribution in [1.29, 1.82) is 5.26 Å². The number of nitrogens with zero attached hydrogens (tertiary/aromatic N) is 1. The van der Waals surface area contributed by atoms with Crippen molar-refractivity contribution in [2.24, 2.45) is 0 Å². The minimum absolute atomic E-state index is 0.0507. The number of benzene rings is 2. The van der Waals surface area contributed by atoms with Crippen LogP contribution in [0.2, 0.25) is 0 Å². The van der Waals surface area contributed by atoms with Crippen LogP contribution in [0, 0.1) is 11.3 Å². The van der Waals surface area contributed by atoms with Gasteiger partial charge in [-0.25, -0.2) is 0 Å². The Balaban J connectivity index is 2.37. The minimum atomic E-state index is -0.310. The second-order valence-electron chi connectivity index (χ2n) is 5.53. The standard InChI is InChI=1S/C21H21NO3/c1-4-6-15-9-11-16(12-10-15)20(23)18(14-22)13-17-7-5-8-19(24-2)21(17)25-3/h5,7-13H,4,6H2,1-3H3/b18-13+. The molecule has 0 N–H and O–H groups in total. The number of allylic oxidation sites excluding steroid dienone is 1. The molecule has 0 saturated heterocycles. The molecule has 0 aromatic heterocycles. The van der Waals surface area contributed by atoms with Crippen molar-refractivity contribution < 1.29 is 14.3 Å². The second-order valence-corrected chi connectivity index (χ2v) is 5.53. The van der Waals surface area contributed by atoms with Gasteiger partial charge in [-0.2, -0.15) is 5.26 Å². The Morgan fingerprint density at radius 2 is 1.84 bits per heavy atom. The predicted molar refractivity (Wildman–Crippen MR) is 97.9 cm³/mol. The van der Waals surface area contributed by atoms with E-state index in [2.05, 4.69) is 6.92 Å². The van der Waals surface area contributed by atoms with Gasteiger partial charge in [-0.15, -0.1) is 0 Å². The van der Waals surface area contributed by atoms with Crippen LogP contribution in [0.3, 0.4) is 0 Å². The Hall–Kier alpha value is -3.06. The number of ether oxygens (including phenoxy) is 2. The molecule has 0 aliphatic carbocycles. The first-order valence-electron chi connectivity index (χ1n) is 8.11. The highest BCUT2D eigenvalue weighted by molar-refractivity contribution is 6.14. The fraction of sp³-hybridized carbons (Fsp3) is 0.238. The number of rotatable bonds is 7. The van der Waals surface area contributed by atoms with Gasteiger partial charge in [0.1, 0.15) is 11.6 Å². The maximum atomic E-state index is 12.6. The molecule has 0 radical (unpaired) electrons. The Morgan fingerprint density at radius 3 is 2.40 bits per heavy atom. The van der Waals surface area contributed by atoms with Gasteiger partial charge in [-0.05, 0) is 24.1 Å². The van der Waals surface area contributed by atoms with Gasteiger partial charge in [0.15, 0.2) is 11.5 Å². The normalized spacial score (nSPS) is 10.9. The molecule has 25 heavy (non-hydrogen) atoms. The molecule has 0 aliphatic rings. The van der Waals surface area contributed by atoms with E-state index in [0.29, 0.717) is 22.6 Å². The van der Waals surface area contributed by atoms with E-state index >= 15 is 0 Å². The molecule has 0 unspecified atom stereocenters. The topological polar surface area (TPSA) is 59.3 Å². The Kier molecular flexibility index (Phi) is 6.36. The summed E-state index contributed by atoms with van der Waals surface area (Å²) in [5.41, 5.74) is 2.34. The van der Waals surface area contributed by atoms with E-state index in [4.69, 9.17) is 9.47 Å². The van der Waals surface area contributed by atoms with Crippen LogP contribution in [0.1, 0.15) is 34.8 Å². The molecule has 0 heterocycles. The summed E-state index contributed by atoms with van der Waals surface area (Å²) in [6, 6.07) is 14.7. The van der Waals surface area contributed by atoms with Crippen LogP contribution in [-0.4, -0.2) is 20.0 Å². The summed E-state index contributed by atoms with van der Waals surface area (Å²) in [4.78, 5) is 12.6. The first-order chi connectivity index (χ1) is 12.1. The van der Waals surface area contributed by atoms with Gasteiger partial charge in [0.25, 0.3) is 0 Å². The van der Waals surface area contributed by atoms with Gasteiger partial charge in [0.2, 0.25) is 5.78 Å². The van der Waals surface area contributed by atoms with Crippen LogP contribution < -0.4 is 9.47 Å². The lowest BCUT2D eigenvalue weighted by Gasteiger charge is -2.10. The molecule has 0 bridgehead atoms. The Morgan fingerprint density at radius 1 is 1.12 bits per heavy atom. The summed E-state index contributed by atoms with van der Waals surface area (Å²) in [6.45, 7) is 2.11. The van der Waals surface area contributed by atoms with Gasteiger partial charge < -0.3 is 9.47 Å². The Bertz CT molecular complexity index is 814. The molecule has 4 nitrogen and oxygen atoms in total. The van der Waals surface area contributed by atoms with Gasteiger partial charge in [0.05, 0.1) is 14.2 Å². The smallest absolute Gasteiger partial charge is 0.203 e. The van der Waals surface area contributed by atoms with Crippen LogP contribution in [0.25, 0.3) is 6.08 Å². The lowest BCUT2D eigenvalue weighted by molar-refractivity contribution is 0.104. The fourth-order valence-corrected chi connectivity index (χ4v) is 2.60. The van der Waals surface area contributed by atoms with Crippen molar-refractivity contribution in [1.82, 2.24) is 0 Å². The fourth-order valence-electron chi connectivity index (χ4n) is 2.60. The zero-order valence-corrected chi connectivity index (χ0v) is 14.7. The van der Waals surface area contributed by atoms with E-state index in [1.54, 1.807) is 37.4 Å². The SMILES string of the molecule is CCCc1ccc(C(=O)/C(C#N)=C/c2cccc(OC)c2OC)cc1. The zero-order chi connectivity index (χ0) is 18.2. The number of aryl methyl sites for hydroxylation is 1. The maximum Gasteiger partial charge on any atom is 0.203 e. The number of ketones is 1. The van der Waals surface area contributed by atoms with E-state index in [1.165, 1.54) is 18.7 Å². The molecule has 0 saturated carbocycles. The monoisotopic (exact) mass is 335 g/mol. The molecule has 128 valence electrons. The van der Waals surface area contributed by atoms with E-state index in [1.807, 2.05) is 18.2 Å². The molecule has 2 aromatic rings. The third-order valence-electron chi connectivity index (χ3n) is 3.85. The number of methoxy groups -OCH3 is 2. The van der Waals surface area contributed by atoms with Crippen molar-refractivity contribution in [3.05, 3.63) is 64.7 Å². The zero-order valence-electron chi connectivity index (χ0n) is 14.7. The van der Waals surface area contributed by atoms with Crippen molar-refractivity contribution in [3.8, 4) is 17.6 Å². The minimum Gasteiger partial charge on any atom is -0.493 e. The largest absolute Gasteiger partial charge is 0.493 e. The molecule has 0 amide bonds. The van der Waals surface area contributed by atoms with E-state index < -0.39 is 0 Å². The second kappa shape index (κ2) is 8.70. The van der Waals surface area contributed by atoms with Crippen molar-refractivity contribution >= 4 is 11.9 Å². The van der Waals surface area contributed by atoms with Crippen molar-refractivity contribution in [3.63, 3.8) is 0 Å². The number of hydrogen-bond donors (Lipinski definition) is 0. The lowest BCUT2D eigenvalue weighted by atomic mass is 9.99. The average molecular weight is 335 g/mol. The Labute approximate surface area is 148 Å². The number of carbonyl (C=O) groups is 1. The number of nitriles is 1. The van der Waals surface area contributed by atoms with Crippen molar-refractivity contribution in [2.45, 2.75) is 19.8 Å². The number of Topliss-reactive ketones (excluding diaryl/α,β-unsaturated/α-hetero) is 1. The highest BCUT2D eigenvalue weighted by Crippen LogP contribution is 2.32. The van der Waals surface area contributed by atoms with Crippen LogP contribution in [0.15, 0.2) is 48.0 Å². The first kappa shape index (κ1) is 18.3. The van der Waals surface area contributed by atoms with Crippen LogP contribution in [-0.2, 0) is 6.42 Å². The summed E-state index contributed by atoms with van der Waals surface area (Å²) >= 11 is 0. The summed E-state index contributed by atoms with van der Waals surface area (Å²) in [5.74, 6) is 0.726. The molecule has 2 aromatic carbocycles. The van der Waals surface area contributed by atoms with Gasteiger partial charge in [-0.3, -0.25) is 4.79 Å². The van der Waals surface area contributed by atoms with Gasteiger partial charge in [0, 0.05) is 11.1 Å². The maximum absolute atomic E-state index is 12.6. The summed E-state index contributed by atoms with van der Waals surface area (Å²) in [7, 11) is 3.06. The molecule has 0 aliphatic heterocycles. The molecular weight excluding hydrogens is 314 g/mol. The lowest BCUT2D eigenvalue weighted by Crippen LogP contribution is -2.02. The van der Waals surface area contributed by atoms with E-state index in [0.717, 1.165) is 12.8 Å². The van der Waals surface area contributed by atoms with Gasteiger partial charge >= 0.3 is 0 Å². The molecule has 2 rings (SSSR count).